The van der Waals surface area contributed by atoms with Crippen molar-refractivity contribution in [2.45, 2.75) is 20.8 Å². The van der Waals surface area contributed by atoms with Crippen LogP contribution < -0.4 is 11.1 Å². The highest BCUT2D eigenvalue weighted by Crippen LogP contribution is 2.20. The van der Waals surface area contributed by atoms with E-state index in [0.29, 0.717) is 11.3 Å². The molecule has 5 heteroatoms. The summed E-state index contributed by atoms with van der Waals surface area (Å²) in [4.78, 5) is 12.2. The number of aryl methyl sites for hydroxylation is 3. The first-order chi connectivity index (χ1) is 8.90. The number of carbonyl (C=O) groups is 1. The first-order valence-electron chi connectivity index (χ1n) is 6.08. The normalized spacial score (nSPS) is 10.5. The zero-order valence-corrected chi connectivity index (χ0v) is 11.6. The predicted octanol–water partition coefficient (Wildman–Crippen LogP) is 2.18. The third-order valence-electron chi connectivity index (χ3n) is 3.28. The summed E-state index contributed by atoms with van der Waals surface area (Å²) in [6.45, 7) is 5.67. The van der Waals surface area contributed by atoms with Crippen LogP contribution in [0.5, 0.6) is 0 Å². The SMILES string of the molecule is Cc1cc(C(=O)Nc2c(C)nn(C)c2C)ccc1N. The number of nitrogens with zero attached hydrogens (tertiary/aromatic N) is 2. The van der Waals surface area contributed by atoms with Gasteiger partial charge < -0.3 is 11.1 Å². The van der Waals surface area contributed by atoms with Crippen LogP contribution in [0.2, 0.25) is 0 Å². The summed E-state index contributed by atoms with van der Waals surface area (Å²) in [5.41, 5.74) is 10.4. The molecule has 0 aliphatic rings. The van der Waals surface area contributed by atoms with Gasteiger partial charge in [-0.15, -0.1) is 0 Å². The van der Waals surface area contributed by atoms with Gasteiger partial charge in [-0.25, -0.2) is 0 Å². The molecule has 1 heterocycles. The molecule has 2 aromatic rings. The summed E-state index contributed by atoms with van der Waals surface area (Å²) < 4.78 is 1.75. The van der Waals surface area contributed by atoms with Crippen LogP contribution in [0, 0.1) is 20.8 Å². The second-order valence-corrected chi connectivity index (χ2v) is 4.69. The van der Waals surface area contributed by atoms with Gasteiger partial charge in [0.1, 0.15) is 0 Å². The summed E-state index contributed by atoms with van der Waals surface area (Å²) in [6.07, 6.45) is 0. The quantitative estimate of drug-likeness (QED) is 0.811. The standard InChI is InChI=1S/C14H18N4O/c1-8-7-11(5-6-12(8)15)14(19)16-13-9(2)17-18(4)10(13)3/h5-7H,15H2,1-4H3,(H,16,19). The van der Waals surface area contributed by atoms with Gasteiger partial charge in [-0.05, 0) is 44.5 Å². The number of hydrogen-bond donors (Lipinski definition) is 2. The van der Waals surface area contributed by atoms with Crippen LogP contribution in [0.25, 0.3) is 0 Å². The largest absolute Gasteiger partial charge is 0.399 e. The van der Waals surface area contributed by atoms with Crippen molar-refractivity contribution in [2.75, 3.05) is 11.1 Å². The Morgan fingerprint density at radius 2 is 2.00 bits per heavy atom. The molecule has 0 radical (unpaired) electrons. The Balaban J connectivity index is 2.28. The Morgan fingerprint density at radius 1 is 1.32 bits per heavy atom. The lowest BCUT2D eigenvalue weighted by Gasteiger charge is -2.07. The maximum Gasteiger partial charge on any atom is 0.255 e. The van der Waals surface area contributed by atoms with Gasteiger partial charge in [0.25, 0.3) is 5.91 Å². The molecule has 2 rings (SSSR count). The van der Waals surface area contributed by atoms with Crippen molar-refractivity contribution in [1.29, 1.82) is 0 Å². The molecule has 5 nitrogen and oxygen atoms in total. The van der Waals surface area contributed by atoms with Crippen molar-refractivity contribution >= 4 is 17.3 Å². The molecule has 0 fully saturated rings. The highest BCUT2D eigenvalue weighted by molar-refractivity contribution is 6.05. The molecule has 1 amide bonds. The number of nitrogens with two attached hydrogens (primary N) is 1. The first-order valence-corrected chi connectivity index (χ1v) is 6.08. The summed E-state index contributed by atoms with van der Waals surface area (Å²) in [5.74, 6) is -0.151. The molecule has 1 aromatic heterocycles. The Labute approximate surface area is 112 Å². The van der Waals surface area contributed by atoms with Crippen molar-refractivity contribution < 1.29 is 4.79 Å². The van der Waals surface area contributed by atoms with Crippen molar-refractivity contribution in [3.8, 4) is 0 Å². The molecular formula is C14H18N4O. The molecule has 0 aliphatic heterocycles. The monoisotopic (exact) mass is 258 g/mol. The minimum atomic E-state index is -0.151. The van der Waals surface area contributed by atoms with Crippen LogP contribution in [0.15, 0.2) is 18.2 Å². The third kappa shape index (κ3) is 2.45. The highest BCUT2D eigenvalue weighted by Gasteiger charge is 2.14. The van der Waals surface area contributed by atoms with E-state index in [9.17, 15) is 4.79 Å². The molecule has 0 atom stereocenters. The molecule has 3 N–H and O–H groups in total. The predicted molar refractivity (Wildman–Crippen MR) is 76.2 cm³/mol. The summed E-state index contributed by atoms with van der Waals surface area (Å²) in [6, 6.07) is 5.25. The Kier molecular flexibility index (Phi) is 3.29. The molecule has 100 valence electrons. The second kappa shape index (κ2) is 4.76. The molecule has 1 aromatic carbocycles. The molecule has 0 unspecified atom stereocenters. The molecular weight excluding hydrogens is 240 g/mol. The van der Waals surface area contributed by atoms with E-state index < -0.39 is 0 Å². The van der Waals surface area contributed by atoms with Gasteiger partial charge in [-0.1, -0.05) is 0 Å². The fraction of sp³-hybridized carbons (Fsp3) is 0.286. The number of anilines is 2. The first kappa shape index (κ1) is 13.1. The van der Waals surface area contributed by atoms with Crippen LogP contribution in [-0.4, -0.2) is 15.7 Å². The molecule has 0 aliphatic carbocycles. The van der Waals surface area contributed by atoms with Crippen LogP contribution in [0.4, 0.5) is 11.4 Å². The van der Waals surface area contributed by atoms with E-state index in [4.69, 9.17) is 5.73 Å². The number of nitrogen functional groups attached to an aromatic ring is 1. The van der Waals surface area contributed by atoms with E-state index in [1.165, 1.54) is 0 Å². The fourth-order valence-corrected chi connectivity index (χ4v) is 1.96. The number of rotatable bonds is 2. The third-order valence-corrected chi connectivity index (χ3v) is 3.28. The average Bonchev–Trinajstić information content (AvgIpc) is 2.59. The summed E-state index contributed by atoms with van der Waals surface area (Å²) in [5, 5.41) is 7.17. The smallest absolute Gasteiger partial charge is 0.255 e. The Hall–Kier alpha value is -2.30. The summed E-state index contributed by atoms with van der Waals surface area (Å²) in [7, 11) is 1.85. The van der Waals surface area contributed by atoms with E-state index in [-0.39, 0.29) is 5.91 Å². The van der Waals surface area contributed by atoms with Gasteiger partial charge in [-0.3, -0.25) is 9.48 Å². The minimum Gasteiger partial charge on any atom is -0.399 e. The van der Waals surface area contributed by atoms with Crippen LogP contribution in [-0.2, 0) is 7.05 Å². The topological polar surface area (TPSA) is 72.9 Å². The lowest BCUT2D eigenvalue weighted by Crippen LogP contribution is -2.13. The lowest BCUT2D eigenvalue weighted by atomic mass is 10.1. The highest BCUT2D eigenvalue weighted by atomic mass is 16.1. The number of benzene rings is 1. The molecule has 0 saturated carbocycles. The van der Waals surface area contributed by atoms with Crippen LogP contribution in [0.3, 0.4) is 0 Å². The molecule has 0 spiro atoms. The minimum absolute atomic E-state index is 0.151. The zero-order valence-electron chi connectivity index (χ0n) is 11.6. The number of nitrogens with one attached hydrogen (secondary N) is 1. The van der Waals surface area contributed by atoms with Crippen molar-refractivity contribution in [3.05, 3.63) is 40.7 Å². The second-order valence-electron chi connectivity index (χ2n) is 4.69. The van der Waals surface area contributed by atoms with E-state index in [1.807, 2.05) is 27.8 Å². The maximum absolute atomic E-state index is 12.2. The number of hydrogen-bond acceptors (Lipinski definition) is 3. The number of aromatic nitrogens is 2. The lowest BCUT2D eigenvalue weighted by molar-refractivity contribution is 0.102. The Bertz CT molecular complexity index is 643. The molecule has 19 heavy (non-hydrogen) atoms. The van der Waals surface area contributed by atoms with Gasteiger partial charge in [0, 0.05) is 18.3 Å². The van der Waals surface area contributed by atoms with Gasteiger partial charge in [-0.2, -0.15) is 5.10 Å². The number of amides is 1. The summed E-state index contributed by atoms with van der Waals surface area (Å²) >= 11 is 0. The van der Waals surface area contributed by atoms with Crippen molar-refractivity contribution in [1.82, 2.24) is 9.78 Å². The molecule has 0 saturated heterocycles. The maximum atomic E-state index is 12.2. The number of carbonyl (C=O) groups excluding carboxylic acids is 1. The van der Waals surface area contributed by atoms with Crippen LogP contribution in [0.1, 0.15) is 27.3 Å². The van der Waals surface area contributed by atoms with Crippen molar-refractivity contribution in [2.24, 2.45) is 7.05 Å². The van der Waals surface area contributed by atoms with E-state index >= 15 is 0 Å². The fourth-order valence-electron chi connectivity index (χ4n) is 1.96. The van der Waals surface area contributed by atoms with E-state index in [2.05, 4.69) is 10.4 Å². The van der Waals surface area contributed by atoms with Crippen molar-refractivity contribution in [3.63, 3.8) is 0 Å². The van der Waals surface area contributed by atoms with Gasteiger partial charge >= 0.3 is 0 Å². The zero-order chi connectivity index (χ0) is 14.2. The van der Waals surface area contributed by atoms with Gasteiger partial charge in [0.2, 0.25) is 0 Å². The van der Waals surface area contributed by atoms with E-state index in [0.717, 1.165) is 22.6 Å². The van der Waals surface area contributed by atoms with Gasteiger partial charge in [0.05, 0.1) is 17.1 Å². The van der Waals surface area contributed by atoms with E-state index in [1.54, 1.807) is 22.9 Å². The molecule has 0 bridgehead atoms. The average molecular weight is 258 g/mol. The van der Waals surface area contributed by atoms with Crippen LogP contribution >= 0.6 is 0 Å². The Morgan fingerprint density at radius 3 is 2.53 bits per heavy atom. The van der Waals surface area contributed by atoms with Gasteiger partial charge in [0.15, 0.2) is 0 Å².